The third-order valence-electron chi connectivity index (χ3n) is 1.15. The van der Waals surface area contributed by atoms with Crippen molar-refractivity contribution < 1.29 is 14.7 Å². The lowest BCUT2D eigenvalue weighted by Crippen LogP contribution is -2.21. The van der Waals surface area contributed by atoms with Crippen molar-refractivity contribution in [1.82, 2.24) is 9.71 Å². The summed E-state index contributed by atoms with van der Waals surface area (Å²) in [6, 6.07) is 0. The van der Waals surface area contributed by atoms with Gasteiger partial charge in [0.2, 0.25) is 0 Å². The number of carbonyl (C=O) groups excluding carboxylic acids is 1. The molecule has 1 atom stereocenters. The fourth-order valence-electron chi connectivity index (χ4n) is 0.697. The highest BCUT2D eigenvalue weighted by atomic mass is 16.7. The molecule has 0 spiro atoms. The maximum absolute atomic E-state index is 10.9. The van der Waals surface area contributed by atoms with E-state index in [0.717, 1.165) is 0 Å². The summed E-state index contributed by atoms with van der Waals surface area (Å²) in [5.41, 5.74) is 0. The summed E-state index contributed by atoms with van der Waals surface area (Å²) in [4.78, 5) is 19.3. The SMILES string of the molecule is CC(O)CC(=O)On1ccnc1. The highest BCUT2D eigenvalue weighted by Gasteiger charge is 2.07. The summed E-state index contributed by atoms with van der Waals surface area (Å²) >= 11 is 0. The minimum absolute atomic E-state index is 0.0157. The van der Waals surface area contributed by atoms with Crippen LogP contribution in [0.15, 0.2) is 18.7 Å². The number of rotatable bonds is 3. The molecule has 0 saturated heterocycles. The van der Waals surface area contributed by atoms with E-state index in [2.05, 4.69) is 4.98 Å². The topological polar surface area (TPSA) is 64.3 Å². The maximum Gasteiger partial charge on any atom is 0.335 e. The Bertz CT molecular complexity index is 243. The molecule has 0 bridgehead atoms. The lowest BCUT2D eigenvalue weighted by atomic mass is 10.3. The molecular weight excluding hydrogens is 160 g/mol. The van der Waals surface area contributed by atoms with Crippen LogP contribution in [0.2, 0.25) is 0 Å². The van der Waals surface area contributed by atoms with Crippen LogP contribution in [0.25, 0.3) is 0 Å². The first-order valence-electron chi connectivity index (χ1n) is 3.55. The zero-order valence-electron chi connectivity index (χ0n) is 6.67. The molecule has 5 heteroatoms. The molecule has 1 aromatic rings. The normalized spacial score (nSPS) is 12.5. The van der Waals surface area contributed by atoms with Crippen molar-refractivity contribution in [3.8, 4) is 0 Å². The Balaban J connectivity index is 2.37. The van der Waals surface area contributed by atoms with Crippen LogP contribution in [0.3, 0.4) is 0 Å². The standard InChI is InChI=1S/C7H10N2O3/c1-6(10)4-7(11)12-9-3-2-8-5-9/h2-3,5-6,10H,4H2,1H3. The van der Waals surface area contributed by atoms with Gasteiger partial charge in [-0.3, -0.25) is 0 Å². The Morgan fingerprint density at radius 3 is 3.08 bits per heavy atom. The van der Waals surface area contributed by atoms with E-state index < -0.39 is 12.1 Å². The third kappa shape index (κ3) is 2.71. The van der Waals surface area contributed by atoms with Gasteiger partial charge >= 0.3 is 5.97 Å². The second-order valence-corrected chi connectivity index (χ2v) is 2.44. The second kappa shape index (κ2) is 3.87. The van der Waals surface area contributed by atoms with E-state index in [4.69, 9.17) is 9.94 Å². The molecule has 12 heavy (non-hydrogen) atoms. The Morgan fingerprint density at radius 1 is 1.83 bits per heavy atom. The van der Waals surface area contributed by atoms with Crippen molar-refractivity contribution >= 4 is 5.97 Å². The zero-order valence-corrected chi connectivity index (χ0v) is 6.67. The van der Waals surface area contributed by atoms with E-state index in [1.807, 2.05) is 0 Å². The summed E-state index contributed by atoms with van der Waals surface area (Å²) in [7, 11) is 0. The molecule has 0 saturated carbocycles. The van der Waals surface area contributed by atoms with E-state index in [1.165, 1.54) is 30.4 Å². The Morgan fingerprint density at radius 2 is 2.58 bits per heavy atom. The van der Waals surface area contributed by atoms with Gasteiger partial charge < -0.3 is 9.94 Å². The molecule has 0 radical (unpaired) electrons. The molecule has 1 unspecified atom stereocenters. The largest absolute Gasteiger partial charge is 0.393 e. The van der Waals surface area contributed by atoms with E-state index in [9.17, 15) is 4.79 Å². The molecule has 0 aliphatic heterocycles. The molecular formula is C7H10N2O3. The molecule has 5 nitrogen and oxygen atoms in total. The van der Waals surface area contributed by atoms with Crippen LogP contribution in [0.5, 0.6) is 0 Å². The van der Waals surface area contributed by atoms with E-state index in [-0.39, 0.29) is 6.42 Å². The van der Waals surface area contributed by atoms with Crippen molar-refractivity contribution in [2.24, 2.45) is 0 Å². The van der Waals surface area contributed by atoms with E-state index in [0.29, 0.717) is 0 Å². The predicted octanol–water partition coefficient (Wildman–Crippen LogP) is -0.391. The molecule has 66 valence electrons. The van der Waals surface area contributed by atoms with Gasteiger partial charge in [-0.05, 0) is 6.92 Å². The van der Waals surface area contributed by atoms with E-state index in [1.54, 1.807) is 0 Å². The molecule has 0 aliphatic rings. The lowest BCUT2D eigenvalue weighted by Gasteiger charge is -2.04. The first-order valence-corrected chi connectivity index (χ1v) is 3.55. The molecule has 1 heterocycles. The zero-order chi connectivity index (χ0) is 8.97. The fourth-order valence-corrected chi connectivity index (χ4v) is 0.697. The number of aliphatic hydroxyl groups excluding tert-OH is 1. The van der Waals surface area contributed by atoms with Crippen molar-refractivity contribution in [2.45, 2.75) is 19.4 Å². The quantitative estimate of drug-likeness (QED) is 0.671. The summed E-state index contributed by atoms with van der Waals surface area (Å²) in [5, 5.41) is 8.83. The molecule has 1 rings (SSSR count). The van der Waals surface area contributed by atoms with Gasteiger partial charge in [0.05, 0.1) is 18.7 Å². The number of hydrogen-bond donors (Lipinski definition) is 1. The molecule has 0 aromatic carbocycles. The van der Waals surface area contributed by atoms with Crippen LogP contribution >= 0.6 is 0 Å². The number of nitrogens with zero attached hydrogens (tertiary/aromatic N) is 2. The summed E-state index contributed by atoms with van der Waals surface area (Å²) in [6.07, 6.45) is 3.66. The van der Waals surface area contributed by atoms with Crippen LogP contribution in [0, 0.1) is 0 Å². The van der Waals surface area contributed by atoms with Gasteiger partial charge in [-0.25, -0.2) is 9.78 Å². The predicted molar refractivity (Wildman–Crippen MR) is 40.1 cm³/mol. The number of aromatic nitrogens is 2. The number of aliphatic hydroxyl groups is 1. The number of imidazole rings is 1. The minimum atomic E-state index is -0.680. The molecule has 1 aromatic heterocycles. The highest BCUT2D eigenvalue weighted by molar-refractivity contribution is 5.70. The number of hydrogen-bond acceptors (Lipinski definition) is 4. The average molecular weight is 170 g/mol. The third-order valence-corrected chi connectivity index (χ3v) is 1.15. The second-order valence-electron chi connectivity index (χ2n) is 2.44. The van der Waals surface area contributed by atoms with Gasteiger partial charge in [-0.1, -0.05) is 0 Å². The fraction of sp³-hybridized carbons (Fsp3) is 0.429. The molecule has 0 amide bonds. The monoisotopic (exact) mass is 170 g/mol. The molecule has 1 N–H and O–H groups in total. The van der Waals surface area contributed by atoms with E-state index >= 15 is 0 Å². The number of carbonyl (C=O) groups is 1. The van der Waals surface area contributed by atoms with Crippen molar-refractivity contribution in [1.29, 1.82) is 0 Å². The van der Waals surface area contributed by atoms with Crippen LogP contribution < -0.4 is 4.84 Å². The highest BCUT2D eigenvalue weighted by Crippen LogP contribution is 1.91. The maximum atomic E-state index is 10.9. The van der Waals surface area contributed by atoms with Crippen molar-refractivity contribution in [3.05, 3.63) is 18.7 Å². The smallest absolute Gasteiger partial charge is 0.335 e. The summed E-state index contributed by atoms with van der Waals surface area (Å²) in [6.45, 7) is 1.52. The Hall–Kier alpha value is -1.36. The minimum Gasteiger partial charge on any atom is -0.393 e. The summed E-state index contributed by atoms with van der Waals surface area (Å²) in [5.74, 6) is -0.483. The lowest BCUT2D eigenvalue weighted by molar-refractivity contribution is -0.146. The summed E-state index contributed by atoms with van der Waals surface area (Å²) < 4.78 is 1.19. The van der Waals surface area contributed by atoms with Crippen molar-refractivity contribution in [2.75, 3.05) is 0 Å². The van der Waals surface area contributed by atoms with Gasteiger partial charge in [0.25, 0.3) is 0 Å². The van der Waals surface area contributed by atoms with Crippen LogP contribution in [-0.4, -0.2) is 26.9 Å². The van der Waals surface area contributed by atoms with Gasteiger partial charge in [0, 0.05) is 6.20 Å². The van der Waals surface area contributed by atoms with Gasteiger partial charge in [-0.15, -0.1) is 0 Å². The van der Waals surface area contributed by atoms with Gasteiger partial charge in [0.1, 0.15) is 6.33 Å². The average Bonchev–Trinajstić information content (AvgIpc) is 2.37. The van der Waals surface area contributed by atoms with Gasteiger partial charge in [0.15, 0.2) is 0 Å². The Labute approximate surface area is 69.6 Å². The molecule has 0 fully saturated rings. The van der Waals surface area contributed by atoms with Crippen LogP contribution in [0.1, 0.15) is 13.3 Å². The van der Waals surface area contributed by atoms with Gasteiger partial charge in [-0.2, -0.15) is 4.73 Å². The first-order chi connectivity index (χ1) is 5.68. The van der Waals surface area contributed by atoms with Crippen LogP contribution in [-0.2, 0) is 4.79 Å². The van der Waals surface area contributed by atoms with Crippen LogP contribution in [0.4, 0.5) is 0 Å². The molecule has 0 aliphatic carbocycles. The Kier molecular flexibility index (Phi) is 2.82. The first kappa shape index (κ1) is 8.73. The van der Waals surface area contributed by atoms with Crippen molar-refractivity contribution in [3.63, 3.8) is 0 Å².